The van der Waals surface area contributed by atoms with E-state index in [2.05, 4.69) is 71.0 Å². The van der Waals surface area contributed by atoms with Crippen LogP contribution in [0.3, 0.4) is 0 Å². The Hall–Kier alpha value is -0.907. The summed E-state index contributed by atoms with van der Waals surface area (Å²) in [6.45, 7) is 11.7. The second kappa shape index (κ2) is 7.73. The Labute approximate surface area is 179 Å². The topological polar surface area (TPSA) is 0 Å². The molecule has 0 amide bonds. The van der Waals surface area contributed by atoms with E-state index < -0.39 is 23.2 Å². The van der Waals surface area contributed by atoms with Gasteiger partial charge in [0, 0.05) is 0 Å². The summed E-state index contributed by atoms with van der Waals surface area (Å²) in [5, 5.41) is 3.65. The first kappa shape index (κ1) is 21.8. The van der Waals surface area contributed by atoms with E-state index >= 15 is 0 Å². The standard InChI is InChI=1S/C24H25P.2FH.Zr/c1-6-25(19-11-21-15(2)7-8-16(3)22(21)12-19)20-13-23-17(4)9-10-18(5)24(23)14-20;;;/h7-14H,6H2,1-5H3;2*1H;/q;;;+2/p-2. The van der Waals surface area contributed by atoms with Gasteiger partial charge in [0.25, 0.3) is 0 Å². The quantitative estimate of drug-likeness (QED) is 0.543. The molecule has 4 heteroatoms. The second-order valence-corrected chi connectivity index (χ2v) is 14.1. The summed E-state index contributed by atoms with van der Waals surface area (Å²) < 4.78 is 1.63. The molecule has 0 aromatic heterocycles. The van der Waals surface area contributed by atoms with Crippen LogP contribution >= 0.6 is 7.92 Å². The minimum absolute atomic E-state index is 0. The van der Waals surface area contributed by atoms with E-state index in [1.54, 1.807) is 22.3 Å². The fourth-order valence-electron chi connectivity index (χ4n) is 5.10. The summed E-state index contributed by atoms with van der Waals surface area (Å²) in [4.78, 5) is 0. The Kier molecular flexibility index (Phi) is 6.02. The van der Waals surface area contributed by atoms with Gasteiger partial charge in [0.15, 0.2) is 0 Å². The number of benzene rings is 2. The van der Waals surface area contributed by atoms with Crippen LogP contribution in [0.1, 0.15) is 58.7 Å². The predicted molar refractivity (Wildman–Crippen MR) is 111 cm³/mol. The van der Waals surface area contributed by atoms with E-state index in [-0.39, 0.29) is 17.3 Å². The van der Waals surface area contributed by atoms with Crippen LogP contribution in [0.2, 0.25) is 0 Å². The van der Waals surface area contributed by atoms with Gasteiger partial charge in [-0.15, -0.1) is 0 Å². The zero-order chi connectivity index (χ0) is 18.2. The van der Waals surface area contributed by atoms with E-state index in [4.69, 9.17) is 0 Å². The van der Waals surface area contributed by atoms with Crippen molar-refractivity contribution in [3.8, 4) is 0 Å². The number of aryl methyl sites for hydroxylation is 4. The van der Waals surface area contributed by atoms with Crippen molar-refractivity contribution in [2.45, 2.75) is 41.9 Å². The Morgan fingerprint density at radius 3 is 1.50 bits per heavy atom. The van der Waals surface area contributed by atoms with E-state index in [0.717, 1.165) is 7.25 Å². The monoisotopic (exact) mass is 472 g/mol. The molecule has 1 heterocycles. The van der Waals surface area contributed by atoms with Gasteiger partial charge in [-0.3, -0.25) is 0 Å². The summed E-state index contributed by atoms with van der Waals surface area (Å²) in [7, 11) is -0.128. The maximum atomic E-state index is 2.62. The first-order chi connectivity index (χ1) is 12.5. The van der Waals surface area contributed by atoms with E-state index in [9.17, 15) is 0 Å². The Morgan fingerprint density at radius 2 is 1.11 bits per heavy atom. The van der Waals surface area contributed by atoms with Gasteiger partial charge in [0.05, 0.1) is 0 Å². The van der Waals surface area contributed by atoms with Crippen LogP contribution in [0.4, 0.5) is 0 Å². The van der Waals surface area contributed by atoms with Crippen LogP contribution in [-0.4, -0.2) is 6.16 Å². The van der Waals surface area contributed by atoms with Crippen molar-refractivity contribution in [3.05, 3.63) is 79.4 Å². The normalized spacial score (nSPS) is 22.8. The maximum absolute atomic E-state index is 2.62. The average molecular weight is 474 g/mol. The third kappa shape index (κ3) is 2.88. The van der Waals surface area contributed by atoms with Gasteiger partial charge in [-0.25, -0.2) is 0 Å². The van der Waals surface area contributed by atoms with Crippen molar-refractivity contribution in [2.75, 3.05) is 6.16 Å². The fraction of sp³-hybridized carbons (Fsp3) is 0.333. The molecule has 1 saturated heterocycles. The molecule has 0 N–H and O–H groups in total. The largest absolute Gasteiger partial charge is 1.00 e. The molecular formula is C24H25F2PZr. The molecule has 2 unspecified atom stereocenters. The number of halogens is 2. The SMILES string of the molecule is CCP1C2=Cc3c(C)ccc(C)c3[CH]2[Zr+2][CH]2C1=Cc1c(C)ccc(C)c12.[F-].[F-]. The minimum atomic E-state index is -0.636. The van der Waals surface area contributed by atoms with Crippen LogP contribution in [-0.2, 0) is 23.2 Å². The molecule has 0 spiro atoms. The summed E-state index contributed by atoms with van der Waals surface area (Å²) in [5.41, 5.74) is 12.6. The van der Waals surface area contributed by atoms with Crippen molar-refractivity contribution in [2.24, 2.45) is 0 Å². The van der Waals surface area contributed by atoms with Gasteiger partial charge in [0.1, 0.15) is 0 Å². The van der Waals surface area contributed by atoms with Crippen LogP contribution in [0.25, 0.3) is 12.2 Å². The molecule has 3 aliphatic rings. The molecule has 0 saturated carbocycles. The third-order valence-electron chi connectivity index (χ3n) is 6.47. The van der Waals surface area contributed by atoms with Gasteiger partial charge < -0.3 is 9.41 Å². The van der Waals surface area contributed by atoms with Gasteiger partial charge in [-0.1, -0.05) is 0 Å². The van der Waals surface area contributed by atoms with Crippen molar-refractivity contribution >= 4 is 20.1 Å². The molecule has 1 fully saturated rings. The van der Waals surface area contributed by atoms with E-state index in [1.807, 2.05) is 10.6 Å². The van der Waals surface area contributed by atoms with Crippen LogP contribution in [0, 0.1) is 27.7 Å². The van der Waals surface area contributed by atoms with Gasteiger partial charge in [-0.05, 0) is 0 Å². The number of allylic oxidation sites excluding steroid dienone is 2. The van der Waals surface area contributed by atoms with Gasteiger partial charge in [0.2, 0.25) is 0 Å². The molecule has 2 aromatic rings. The molecule has 28 heavy (non-hydrogen) atoms. The number of hydrogen-bond acceptors (Lipinski definition) is 0. The summed E-state index contributed by atoms with van der Waals surface area (Å²) in [6.07, 6.45) is 6.55. The molecule has 2 aromatic carbocycles. The molecule has 0 bridgehead atoms. The first-order valence-corrected chi connectivity index (χ1v) is 14.0. The summed E-state index contributed by atoms with van der Waals surface area (Å²) in [5.74, 6) is 0. The molecule has 5 rings (SSSR count). The molecule has 144 valence electrons. The predicted octanol–water partition coefficient (Wildman–Crippen LogP) is 1.02. The third-order valence-corrected chi connectivity index (χ3v) is 14.9. The molecular weight excluding hydrogens is 448 g/mol. The van der Waals surface area contributed by atoms with E-state index in [0.29, 0.717) is 0 Å². The smallest absolute Gasteiger partial charge is 1.00 e. The Morgan fingerprint density at radius 1 is 0.714 bits per heavy atom. The fourth-order valence-corrected chi connectivity index (χ4v) is 15.5. The zero-order valence-electron chi connectivity index (χ0n) is 17.0. The van der Waals surface area contributed by atoms with Gasteiger partial charge in [-0.2, -0.15) is 0 Å². The van der Waals surface area contributed by atoms with E-state index in [1.165, 1.54) is 28.4 Å². The van der Waals surface area contributed by atoms with Crippen LogP contribution in [0.5, 0.6) is 0 Å². The summed E-state index contributed by atoms with van der Waals surface area (Å²) in [6, 6.07) is 9.37. The van der Waals surface area contributed by atoms with Crippen molar-refractivity contribution < 1.29 is 32.6 Å². The maximum Gasteiger partial charge on any atom is -1.00 e. The van der Waals surface area contributed by atoms with Crippen molar-refractivity contribution in [1.29, 1.82) is 0 Å². The molecule has 0 radical (unpaired) electrons. The van der Waals surface area contributed by atoms with Crippen LogP contribution < -0.4 is 9.41 Å². The van der Waals surface area contributed by atoms with Crippen LogP contribution in [0.15, 0.2) is 34.9 Å². The number of rotatable bonds is 1. The Balaban J connectivity index is 0.00000112. The Bertz CT molecular complexity index is 942. The summed E-state index contributed by atoms with van der Waals surface area (Å²) >= 11 is -0.636. The average Bonchev–Trinajstić information content (AvgIpc) is 3.19. The van der Waals surface area contributed by atoms with Crippen molar-refractivity contribution in [3.63, 3.8) is 0 Å². The molecule has 1 aliphatic heterocycles. The molecule has 0 nitrogen and oxygen atoms in total. The number of fused-ring (bicyclic) bond motifs is 6. The van der Waals surface area contributed by atoms with Gasteiger partial charge >= 0.3 is 171 Å². The minimum Gasteiger partial charge on any atom is -1.00 e. The molecule has 2 aliphatic carbocycles. The van der Waals surface area contributed by atoms with Crippen molar-refractivity contribution in [1.82, 2.24) is 0 Å². The first-order valence-electron chi connectivity index (χ1n) is 9.68. The second-order valence-electron chi connectivity index (χ2n) is 7.97. The number of hydrogen-bond donors (Lipinski definition) is 0. The zero-order valence-corrected chi connectivity index (χ0v) is 20.4. The molecule has 2 atom stereocenters.